The van der Waals surface area contributed by atoms with Crippen LogP contribution < -0.4 is 5.32 Å². The second-order valence-corrected chi connectivity index (χ2v) is 6.61. The molecule has 30 heavy (non-hydrogen) atoms. The Morgan fingerprint density at radius 2 is 1.70 bits per heavy atom. The zero-order valence-corrected chi connectivity index (χ0v) is 15.9. The molecule has 1 amide bonds. The lowest BCUT2D eigenvalue weighted by molar-refractivity contribution is -0.137. The Morgan fingerprint density at radius 1 is 1.03 bits per heavy atom. The second kappa shape index (κ2) is 8.89. The van der Waals surface area contributed by atoms with Gasteiger partial charge in [-0.3, -0.25) is 9.59 Å². The summed E-state index contributed by atoms with van der Waals surface area (Å²) in [4.78, 5) is 28.3. The molecule has 1 atom stereocenters. The number of aromatic nitrogens is 2. The van der Waals surface area contributed by atoms with E-state index in [4.69, 9.17) is 4.52 Å². The molecule has 0 saturated heterocycles. The van der Waals surface area contributed by atoms with Crippen LogP contribution in [0.3, 0.4) is 0 Å². The van der Waals surface area contributed by atoms with Crippen molar-refractivity contribution in [3.05, 3.63) is 71.6 Å². The van der Waals surface area contributed by atoms with Crippen LogP contribution in [0.25, 0.3) is 11.4 Å². The number of halogens is 3. The number of hydrogen-bond donors (Lipinski definition) is 1. The molecule has 0 radical (unpaired) electrons. The molecule has 0 bridgehead atoms. The van der Waals surface area contributed by atoms with E-state index in [9.17, 15) is 22.8 Å². The zero-order chi connectivity index (χ0) is 21.7. The van der Waals surface area contributed by atoms with Crippen molar-refractivity contribution < 1.29 is 27.3 Å². The van der Waals surface area contributed by atoms with Crippen molar-refractivity contribution >= 4 is 11.7 Å². The van der Waals surface area contributed by atoms with Crippen LogP contribution in [0.4, 0.5) is 13.2 Å². The number of Topliss-reactive ketones (excluding diaryl/α,β-unsaturated/α-hetero) is 1. The van der Waals surface area contributed by atoms with Gasteiger partial charge in [-0.1, -0.05) is 47.6 Å². The van der Waals surface area contributed by atoms with Gasteiger partial charge < -0.3 is 9.84 Å². The van der Waals surface area contributed by atoms with Gasteiger partial charge in [-0.25, -0.2) is 0 Å². The third-order valence-corrected chi connectivity index (χ3v) is 4.33. The number of benzene rings is 2. The molecule has 0 unspecified atom stereocenters. The molecule has 3 aromatic rings. The van der Waals surface area contributed by atoms with Crippen LogP contribution >= 0.6 is 0 Å². The van der Waals surface area contributed by atoms with Gasteiger partial charge in [0.1, 0.15) is 6.04 Å². The molecule has 0 fully saturated rings. The van der Waals surface area contributed by atoms with Crippen LogP contribution in [0, 0.1) is 0 Å². The van der Waals surface area contributed by atoms with Crippen LogP contribution in [0.5, 0.6) is 0 Å². The van der Waals surface area contributed by atoms with Gasteiger partial charge >= 0.3 is 6.18 Å². The molecule has 0 aliphatic heterocycles. The summed E-state index contributed by atoms with van der Waals surface area (Å²) in [6.45, 7) is 1.63. The van der Waals surface area contributed by atoms with Gasteiger partial charge in [0.15, 0.2) is 5.78 Å². The number of rotatable bonds is 7. The first kappa shape index (κ1) is 21.2. The van der Waals surface area contributed by atoms with E-state index in [-0.39, 0.29) is 36.2 Å². The number of nitrogens with one attached hydrogen (secondary N) is 1. The van der Waals surface area contributed by atoms with Crippen LogP contribution in [0.2, 0.25) is 0 Å². The quantitative estimate of drug-likeness (QED) is 0.568. The topological polar surface area (TPSA) is 85.1 Å². The van der Waals surface area contributed by atoms with Gasteiger partial charge in [0.2, 0.25) is 17.6 Å². The summed E-state index contributed by atoms with van der Waals surface area (Å²) in [6, 6.07) is 12.4. The van der Waals surface area contributed by atoms with Crippen LogP contribution in [0.1, 0.15) is 47.6 Å². The molecule has 0 spiro atoms. The van der Waals surface area contributed by atoms with Crippen molar-refractivity contribution in [3.8, 4) is 11.4 Å². The predicted octanol–water partition coefficient (Wildman–Crippen LogP) is 4.60. The minimum atomic E-state index is -4.43. The molecule has 3 rings (SSSR count). The number of alkyl halides is 3. The van der Waals surface area contributed by atoms with E-state index >= 15 is 0 Å². The molecular formula is C21H18F3N3O3. The molecular weight excluding hydrogens is 399 g/mol. The Kier molecular flexibility index (Phi) is 6.29. The van der Waals surface area contributed by atoms with Gasteiger partial charge in [-0.05, 0) is 19.1 Å². The van der Waals surface area contributed by atoms with Crippen molar-refractivity contribution in [2.24, 2.45) is 0 Å². The molecule has 1 N–H and O–H groups in total. The lowest BCUT2D eigenvalue weighted by Crippen LogP contribution is -2.27. The Labute approximate surface area is 170 Å². The maximum atomic E-state index is 12.7. The van der Waals surface area contributed by atoms with E-state index in [1.165, 1.54) is 12.1 Å². The highest BCUT2D eigenvalue weighted by Gasteiger charge is 2.30. The summed E-state index contributed by atoms with van der Waals surface area (Å²) in [7, 11) is 0. The number of amides is 1. The molecule has 156 valence electrons. The lowest BCUT2D eigenvalue weighted by atomic mass is 10.1. The largest absolute Gasteiger partial charge is 0.416 e. The number of nitrogens with zero attached hydrogens (tertiary/aromatic N) is 2. The fourth-order valence-corrected chi connectivity index (χ4v) is 2.71. The first-order valence-electron chi connectivity index (χ1n) is 9.13. The van der Waals surface area contributed by atoms with Crippen LogP contribution in [-0.2, 0) is 11.0 Å². The van der Waals surface area contributed by atoms with Gasteiger partial charge in [-0.15, -0.1) is 0 Å². The highest BCUT2D eigenvalue weighted by molar-refractivity contribution is 5.97. The van der Waals surface area contributed by atoms with E-state index in [1.807, 2.05) is 0 Å². The summed E-state index contributed by atoms with van der Waals surface area (Å²) < 4.78 is 43.1. The molecule has 0 aliphatic rings. The third kappa shape index (κ3) is 5.31. The maximum absolute atomic E-state index is 12.7. The smallest absolute Gasteiger partial charge is 0.345 e. The van der Waals surface area contributed by atoms with Gasteiger partial charge in [0, 0.05) is 24.0 Å². The molecule has 1 heterocycles. The van der Waals surface area contributed by atoms with E-state index in [2.05, 4.69) is 15.5 Å². The molecule has 0 saturated carbocycles. The summed E-state index contributed by atoms with van der Waals surface area (Å²) in [5, 5.41) is 6.41. The Hall–Kier alpha value is -3.49. The van der Waals surface area contributed by atoms with Crippen molar-refractivity contribution in [3.63, 3.8) is 0 Å². The Bertz CT molecular complexity index is 1020. The molecule has 2 aromatic carbocycles. The van der Waals surface area contributed by atoms with Crippen molar-refractivity contribution in [2.45, 2.75) is 32.0 Å². The minimum absolute atomic E-state index is 0.00202. The fraction of sp³-hybridized carbons (Fsp3) is 0.238. The number of hydrogen-bond acceptors (Lipinski definition) is 5. The van der Waals surface area contributed by atoms with Crippen LogP contribution in [-0.4, -0.2) is 21.8 Å². The van der Waals surface area contributed by atoms with E-state index in [0.717, 1.165) is 12.1 Å². The molecule has 1 aromatic heterocycles. The summed E-state index contributed by atoms with van der Waals surface area (Å²) in [5.74, 6) is -0.284. The van der Waals surface area contributed by atoms with Crippen molar-refractivity contribution in [1.29, 1.82) is 0 Å². The second-order valence-electron chi connectivity index (χ2n) is 6.61. The van der Waals surface area contributed by atoms with Gasteiger partial charge in [0.25, 0.3) is 0 Å². The highest BCUT2D eigenvalue weighted by atomic mass is 19.4. The van der Waals surface area contributed by atoms with E-state index in [1.54, 1.807) is 37.3 Å². The average Bonchev–Trinajstić information content (AvgIpc) is 3.22. The SMILES string of the molecule is C[C@H](NC(=O)CCC(=O)c1ccccc1)c1nc(-c2ccc(C(F)(F)F)cc2)no1. The number of carbonyl (C=O) groups is 2. The third-order valence-electron chi connectivity index (χ3n) is 4.33. The number of ketones is 1. The van der Waals surface area contributed by atoms with Crippen molar-refractivity contribution in [1.82, 2.24) is 15.5 Å². The highest BCUT2D eigenvalue weighted by Crippen LogP contribution is 2.30. The minimum Gasteiger partial charge on any atom is -0.345 e. The zero-order valence-electron chi connectivity index (χ0n) is 15.9. The van der Waals surface area contributed by atoms with E-state index < -0.39 is 17.8 Å². The molecule has 6 nitrogen and oxygen atoms in total. The summed E-state index contributed by atoms with van der Waals surface area (Å²) >= 11 is 0. The summed E-state index contributed by atoms with van der Waals surface area (Å²) in [5.41, 5.74) is 0.113. The Balaban J connectivity index is 1.56. The summed E-state index contributed by atoms with van der Waals surface area (Å²) in [6.07, 6.45) is -4.37. The average molecular weight is 417 g/mol. The van der Waals surface area contributed by atoms with Crippen molar-refractivity contribution in [2.75, 3.05) is 0 Å². The number of carbonyl (C=O) groups excluding carboxylic acids is 2. The van der Waals surface area contributed by atoms with Crippen LogP contribution in [0.15, 0.2) is 59.1 Å². The van der Waals surface area contributed by atoms with Gasteiger partial charge in [-0.2, -0.15) is 18.2 Å². The molecule has 0 aliphatic carbocycles. The Morgan fingerprint density at radius 3 is 2.33 bits per heavy atom. The fourth-order valence-electron chi connectivity index (χ4n) is 2.71. The monoisotopic (exact) mass is 417 g/mol. The first-order valence-corrected chi connectivity index (χ1v) is 9.13. The van der Waals surface area contributed by atoms with Gasteiger partial charge in [0.05, 0.1) is 5.56 Å². The normalized spacial score (nSPS) is 12.4. The molecule has 9 heteroatoms. The lowest BCUT2D eigenvalue weighted by Gasteiger charge is -2.09. The van der Waals surface area contributed by atoms with E-state index in [0.29, 0.717) is 11.1 Å². The maximum Gasteiger partial charge on any atom is 0.416 e. The first-order chi connectivity index (χ1) is 14.2. The predicted molar refractivity (Wildman–Crippen MR) is 101 cm³/mol. The standard InChI is InChI=1S/C21H18F3N3O3/c1-13(25-18(29)12-11-17(28)14-5-3-2-4-6-14)20-26-19(27-30-20)15-7-9-16(10-8-15)21(22,23)24/h2-10,13H,11-12H2,1H3,(H,25,29)/t13-/m0/s1.